The Morgan fingerprint density at radius 3 is 1.66 bits per heavy atom. The summed E-state index contributed by atoms with van der Waals surface area (Å²) >= 11 is 0. The highest BCUT2D eigenvalue weighted by Crippen LogP contribution is 2.53. The number of fused-ring (bicyclic) bond motifs is 9. The summed E-state index contributed by atoms with van der Waals surface area (Å²) in [5, 5.41) is 2.21. The molecule has 1 heterocycles. The van der Waals surface area contributed by atoms with Crippen molar-refractivity contribution in [1.82, 2.24) is 4.98 Å². The predicted molar refractivity (Wildman–Crippen MR) is 181 cm³/mol. The minimum absolute atomic E-state index is 0.0608. The van der Waals surface area contributed by atoms with E-state index in [0.717, 1.165) is 33.2 Å². The lowest BCUT2D eigenvalue weighted by molar-refractivity contribution is 0.611. The minimum Gasteiger partial charge on any atom is -0.422 e. The third kappa shape index (κ3) is 3.35. The zero-order valence-corrected chi connectivity index (χ0v) is 25.3. The summed E-state index contributed by atoms with van der Waals surface area (Å²) in [5.74, 6) is 0. The van der Waals surface area contributed by atoms with E-state index in [9.17, 15) is 0 Å². The Labute approximate surface area is 257 Å². The Morgan fingerprint density at radius 2 is 1.05 bits per heavy atom. The van der Waals surface area contributed by atoms with Crippen molar-refractivity contribution in [2.24, 2.45) is 0 Å². The molecule has 212 valence electrons. The SMILES string of the molecule is CC1(C)c2ccccc2-c2cc(N(c3ccc4c(c3)-c3ccccc3C4(C)C)c3nc4ccc5ccccc5c4o3)ccc21. The highest BCUT2D eigenvalue weighted by atomic mass is 16.4. The standard InChI is InChI=1S/C41H32N2O/c1-40(2)33-15-9-7-13-29(33)31-23-26(18-20-35(31)40)43(39-42-37-22-17-25-11-5-6-12-28(25)38(37)44-39)27-19-21-36-32(24-27)30-14-8-10-16-34(30)41(36,3)4/h5-24H,1-4H3. The Balaban J connectivity index is 1.29. The van der Waals surface area contributed by atoms with E-state index in [4.69, 9.17) is 9.40 Å². The number of aromatic nitrogens is 1. The van der Waals surface area contributed by atoms with Crippen molar-refractivity contribution < 1.29 is 4.42 Å². The van der Waals surface area contributed by atoms with Gasteiger partial charge in [-0.1, -0.05) is 119 Å². The number of benzene rings is 6. The number of nitrogens with zero attached hydrogens (tertiary/aromatic N) is 2. The lowest BCUT2D eigenvalue weighted by atomic mass is 9.82. The molecule has 0 saturated heterocycles. The Kier molecular flexibility index (Phi) is 5.02. The van der Waals surface area contributed by atoms with Crippen LogP contribution in [0.5, 0.6) is 0 Å². The molecule has 0 N–H and O–H groups in total. The maximum absolute atomic E-state index is 6.73. The highest BCUT2D eigenvalue weighted by molar-refractivity contribution is 6.03. The van der Waals surface area contributed by atoms with Crippen LogP contribution in [0.4, 0.5) is 17.4 Å². The average molecular weight is 569 g/mol. The van der Waals surface area contributed by atoms with E-state index >= 15 is 0 Å². The summed E-state index contributed by atoms with van der Waals surface area (Å²) in [7, 11) is 0. The normalized spacial score (nSPS) is 15.2. The van der Waals surface area contributed by atoms with Gasteiger partial charge in [0.1, 0.15) is 5.52 Å². The zero-order chi connectivity index (χ0) is 29.8. The Hall–Kier alpha value is -5.15. The molecule has 0 atom stereocenters. The fraction of sp³-hybridized carbons (Fsp3) is 0.146. The van der Waals surface area contributed by atoms with Gasteiger partial charge in [-0.05, 0) is 80.2 Å². The molecular weight excluding hydrogens is 536 g/mol. The smallest absolute Gasteiger partial charge is 0.307 e. The fourth-order valence-electron chi connectivity index (χ4n) is 7.80. The molecule has 0 spiro atoms. The lowest BCUT2D eigenvalue weighted by Gasteiger charge is -2.25. The van der Waals surface area contributed by atoms with Crippen molar-refractivity contribution in [2.45, 2.75) is 38.5 Å². The average Bonchev–Trinajstić information content (AvgIpc) is 3.65. The summed E-state index contributed by atoms with van der Waals surface area (Å²) in [6, 6.07) is 44.4. The van der Waals surface area contributed by atoms with E-state index in [0.29, 0.717) is 6.01 Å². The monoisotopic (exact) mass is 568 g/mol. The minimum atomic E-state index is -0.0608. The van der Waals surface area contributed by atoms with Gasteiger partial charge < -0.3 is 4.42 Å². The van der Waals surface area contributed by atoms with E-state index in [2.05, 4.69) is 154 Å². The second-order valence-corrected chi connectivity index (χ2v) is 13.3. The lowest BCUT2D eigenvalue weighted by Crippen LogP contribution is -2.16. The largest absolute Gasteiger partial charge is 0.422 e. The van der Waals surface area contributed by atoms with Crippen LogP contribution in [0.25, 0.3) is 44.1 Å². The van der Waals surface area contributed by atoms with Crippen LogP contribution in [0.3, 0.4) is 0 Å². The van der Waals surface area contributed by atoms with Crippen molar-refractivity contribution in [3.05, 3.63) is 144 Å². The summed E-state index contributed by atoms with van der Waals surface area (Å²) in [5.41, 5.74) is 14.1. The molecule has 3 nitrogen and oxygen atoms in total. The van der Waals surface area contributed by atoms with Crippen LogP contribution in [-0.4, -0.2) is 4.98 Å². The van der Waals surface area contributed by atoms with E-state index < -0.39 is 0 Å². The quantitative estimate of drug-likeness (QED) is 0.212. The first-order valence-corrected chi connectivity index (χ1v) is 15.4. The topological polar surface area (TPSA) is 29.3 Å². The first-order valence-electron chi connectivity index (χ1n) is 15.4. The Bertz CT molecular complexity index is 2200. The van der Waals surface area contributed by atoms with Gasteiger partial charge in [-0.3, -0.25) is 4.90 Å². The van der Waals surface area contributed by atoms with Gasteiger partial charge in [-0.2, -0.15) is 4.98 Å². The van der Waals surface area contributed by atoms with Gasteiger partial charge in [-0.25, -0.2) is 0 Å². The maximum Gasteiger partial charge on any atom is 0.307 e. The van der Waals surface area contributed by atoms with Crippen LogP contribution in [0.1, 0.15) is 49.9 Å². The molecule has 1 aromatic heterocycles. The van der Waals surface area contributed by atoms with Crippen molar-refractivity contribution in [3.63, 3.8) is 0 Å². The molecular formula is C41H32N2O. The van der Waals surface area contributed by atoms with Crippen molar-refractivity contribution in [2.75, 3.05) is 4.90 Å². The number of hydrogen-bond acceptors (Lipinski definition) is 3. The third-order valence-electron chi connectivity index (χ3n) is 10.1. The van der Waals surface area contributed by atoms with Crippen LogP contribution >= 0.6 is 0 Å². The van der Waals surface area contributed by atoms with Gasteiger partial charge in [0, 0.05) is 16.2 Å². The molecule has 0 unspecified atom stereocenters. The van der Waals surface area contributed by atoms with Crippen LogP contribution < -0.4 is 4.90 Å². The summed E-state index contributed by atoms with van der Waals surface area (Å²) < 4.78 is 6.73. The maximum atomic E-state index is 6.73. The molecule has 0 amide bonds. The molecule has 2 aliphatic carbocycles. The number of anilines is 3. The van der Waals surface area contributed by atoms with Crippen molar-refractivity contribution >= 4 is 39.3 Å². The molecule has 44 heavy (non-hydrogen) atoms. The van der Waals surface area contributed by atoms with Crippen LogP contribution in [0.15, 0.2) is 126 Å². The van der Waals surface area contributed by atoms with Gasteiger partial charge in [0.2, 0.25) is 0 Å². The molecule has 0 radical (unpaired) electrons. The van der Waals surface area contributed by atoms with E-state index in [-0.39, 0.29) is 10.8 Å². The van der Waals surface area contributed by atoms with Gasteiger partial charge in [-0.15, -0.1) is 0 Å². The molecule has 9 rings (SSSR count). The second-order valence-electron chi connectivity index (χ2n) is 13.3. The molecule has 6 aromatic carbocycles. The molecule has 0 bridgehead atoms. The van der Waals surface area contributed by atoms with E-state index in [1.165, 1.54) is 44.5 Å². The van der Waals surface area contributed by atoms with Gasteiger partial charge >= 0.3 is 6.01 Å². The summed E-state index contributed by atoms with van der Waals surface area (Å²) in [4.78, 5) is 7.30. The van der Waals surface area contributed by atoms with Gasteiger partial charge in [0.15, 0.2) is 5.58 Å². The van der Waals surface area contributed by atoms with Crippen molar-refractivity contribution in [3.8, 4) is 22.3 Å². The highest BCUT2D eigenvalue weighted by Gasteiger charge is 2.37. The molecule has 7 aromatic rings. The zero-order valence-electron chi connectivity index (χ0n) is 25.3. The third-order valence-corrected chi connectivity index (χ3v) is 10.1. The predicted octanol–water partition coefficient (Wildman–Crippen LogP) is 11.1. The Morgan fingerprint density at radius 1 is 0.523 bits per heavy atom. The fourth-order valence-corrected chi connectivity index (χ4v) is 7.80. The number of oxazole rings is 1. The van der Waals surface area contributed by atoms with Crippen LogP contribution in [0.2, 0.25) is 0 Å². The van der Waals surface area contributed by atoms with Crippen molar-refractivity contribution in [1.29, 1.82) is 0 Å². The molecule has 2 aliphatic rings. The number of rotatable bonds is 3. The molecule has 3 heteroatoms. The molecule has 0 aliphatic heterocycles. The van der Waals surface area contributed by atoms with E-state index in [1.54, 1.807) is 0 Å². The molecule has 0 saturated carbocycles. The molecule has 0 fully saturated rings. The second kappa shape index (κ2) is 8.70. The summed E-state index contributed by atoms with van der Waals surface area (Å²) in [6.07, 6.45) is 0. The van der Waals surface area contributed by atoms with Crippen LogP contribution in [0, 0.1) is 0 Å². The van der Waals surface area contributed by atoms with Gasteiger partial charge in [0.25, 0.3) is 0 Å². The summed E-state index contributed by atoms with van der Waals surface area (Å²) in [6.45, 7) is 9.28. The first kappa shape index (κ1) is 25.4. The van der Waals surface area contributed by atoms with Crippen LogP contribution in [-0.2, 0) is 10.8 Å². The van der Waals surface area contributed by atoms with E-state index in [1.807, 2.05) is 0 Å². The number of hydrogen-bond donors (Lipinski definition) is 0. The first-order chi connectivity index (χ1) is 21.3. The van der Waals surface area contributed by atoms with Gasteiger partial charge in [0.05, 0.1) is 11.4 Å².